The van der Waals surface area contributed by atoms with E-state index in [1.54, 1.807) is 0 Å². The van der Waals surface area contributed by atoms with Gasteiger partial charge in [-0.3, -0.25) is 14.8 Å². The van der Waals surface area contributed by atoms with Gasteiger partial charge in [0.1, 0.15) is 5.60 Å². The van der Waals surface area contributed by atoms with Crippen molar-refractivity contribution in [3.8, 4) is 0 Å². The molecule has 3 fully saturated rings. The Labute approximate surface area is 150 Å². The smallest absolute Gasteiger partial charge is 0.117 e. The molecule has 4 heterocycles. The van der Waals surface area contributed by atoms with E-state index < -0.39 is 0 Å². The molecule has 0 aliphatic carbocycles. The van der Waals surface area contributed by atoms with Crippen LogP contribution in [0, 0.1) is 5.92 Å². The highest BCUT2D eigenvalue weighted by Gasteiger charge is 2.40. The second-order valence-corrected chi connectivity index (χ2v) is 7.61. The molecule has 0 N–H and O–H groups in total. The lowest BCUT2D eigenvalue weighted by Gasteiger charge is -2.44. The van der Waals surface area contributed by atoms with Gasteiger partial charge < -0.3 is 14.2 Å². The largest absolute Gasteiger partial charge is 0.381 e. The maximum Gasteiger partial charge on any atom is 0.117 e. The van der Waals surface area contributed by atoms with Crippen molar-refractivity contribution in [1.82, 2.24) is 14.8 Å². The monoisotopic (exact) mass is 347 g/mol. The van der Waals surface area contributed by atoms with Crippen LogP contribution >= 0.6 is 0 Å². The Morgan fingerprint density at radius 3 is 2.72 bits per heavy atom. The van der Waals surface area contributed by atoms with Crippen molar-refractivity contribution in [2.75, 3.05) is 65.8 Å². The summed E-state index contributed by atoms with van der Waals surface area (Å²) in [6.07, 6.45) is 4.92. The number of hydrogen-bond donors (Lipinski definition) is 0. The molecule has 138 valence electrons. The van der Waals surface area contributed by atoms with Crippen molar-refractivity contribution in [3.05, 3.63) is 30.1 Å². The lowest BCUT2D eigenvalue weighted by atomic mass is 9.99. The molecule has 3 aliphatic heterocycles. The first-order valence-corrected chi connectivity index (χ1v) is 9.44. The second kappa shape index (κ2) is 8.10. The summed E-state index contributed by atoms with van der Waals surface area (Å²) in [5.41, 5.74) is 1.09. The molecule has 2 atom stereocenters. The summed E-state index contributed by atoms with van der Waals surface area (Å²) >= 11 is 0. The van der Waals surface area contributed by atoms with Crippen LogP contribution in [0.1, 0.15) is 12.0 Å². The van der Waals surface area contributed by atoms with Crippen molar-refractivity contribution >= 4 is 0 Å². The van der Waals surface area contributed by atoms with Crippen LogP contribution in [-0.4, -0.2) is 86.1 Å². The number of hydrogen-bond acceptors (Lipinski definition) is 6. The summed E-state index contributed by atoms with van der Waals surface area (Å²) in [7, 11) is 0. The van der Waals surface area contributed by atoms with E-state index in [2.05, 4.69) is 26.9 Å². The Hall–Kier alpha value is -1.05. The molecular weight excluding hydrogens is 318 g/mol. The van der Waals surface area contributed by atoms with Gasteiger partial charge in [-0.15, -0.1) is 0 Å². The van der Waals surface area contributed by atoms with Gasteiger partial charge >= 0.3 is 0 Å². The number of nitrogens with zero attached hydrogens (tertiary/aromatic N) is 3. The van der Waals surface area contributed by atoms with E-state index in [0.29, 0.717) is 12.5 Å². The molecule has 6 heteroatoms. The van der Waals surface area contributed by atoms with Gasteiger partial charge in [-0.1, -0.05) is 0 Å². The first-order valence-electron chi connectivity index (χ1n) is 9.44. The van der Waals surface area contributed by atoms with Gasteiger partial charge in [0.2, 0.25) is 0 Å². The molecule has 4 rings (SSSR count). The van der Waals surface area contributed by atoms with Crippen molar-refractivity contribution in [3.63, 3.8) is 0 Å². The average molecular weight is 347 g/mol. The summed E-state index contributed by atoms with van der Waals surface area (Å²) in [6.45, 7) is 9.97. The third-order valence-electron chi connectivity index (χ3n) is 5.45. The maximum absolute atomic E-state index is 6.30. The highest BCUT2D eigenvalue weighted by atomic mass is 16.5. The van der Waals surface area contributed by atoms with Gasteiger partial charge in [-0.05, 0) is 30.0 Å². The Balaban J connectivity index is 1.39. The van der Waals surface area contributed by atoms with Crippen LogP contribution in [0.4, 0.5) is 0 Å². The van der Waals surface area contributed by atoms with E-state index in [1.807, 2.05) is 12.4 Å². The zero-order chi connectivity index (χ0) is 17.0. The van der Waals surface area contributed by atoms with Crippen LogP contribution in [0.3, 0.4) is 0 Å². The molecule has 0 aromatic carbocycles. The van der Waals surface area contributed by atoms with E-state index in [1.165, 1.54) is 12.0 Å². The van der Waals surface area contributed by atoms with Crippen LogP contribution in [-0.2, 0) is 20.8 Å². The van der Waals surface area contributed by atoms with E-state index in [4.69, 9.17) is 14.2 Å². The lowest BCUT2D eigenvalue weighted by molar-refractivity contribution is -0.143. The third-order valence-corrected chi connectivity index (χ3v) is 5.45. The molecule has 2 unspecified atom stereocenters. The van der Waals surface area contributed by atoms with Crippen molar-refractivity contribution in [2.45, 2.75) is 18.6 Å². The molecule has 0 radical (unpaired) electrons. The molecule has 0 amide bonds. The molecule has 0 saturated carbocycles. The molecule has 25 heavy (non-hydrogen) atoms. The minimum absolute atomic E-state index is 0.207. The van der Waals surface area contributed by atoms with Crippen LogP contribution in [0.5, 0.6) is 0 Å². The lowest BCUT2D eigenvalue weighted by Crippen LogP contribution is -2.59. The van der Waals surface area contributed by atoms with E-state index in [0.717, 1.165) is 65.7 Å². The van der Waals surface area contributed by atoms with Crippen molar-refractivity contribution in [1.29, 1.82) is 0 Å². The SMILES string of the molecule is c1cc(CN2CCOCC3(C2)CN(CC2CCOC2)CCO3)ccn1. The number of morpholine rings is 1. The normalized spacial score (nSPS) is 32.1. The summed E-state index contributed by atoms with van der Waals surface area (Å²) in [4.78, 5) is 9.13. The predicted octanol–water partition coefficient (Wildman–Crippen LogP) is 1.02. The minimum atomic E-state index is -0.207. The van der Waals surface area contributed by atoms with E-state index in [9.17, 15) is 0 Å². The summed E-state index contributed by atoms with van der Waals surface area (Å²) < 4.78 is 17.8. The van der Waals surface area contributed by atoms with Crippen LogP contribution in [0.15, 0.2) is 24.5 Å². The minimum Gasteiger partial charge on any atom is -0.381 e. The maximum atomic E-state index is 6.30. The number of ether oxygens (including phenoxy) is 3. The zero-order valence-corrected chi connectivity index (χ0v) is 14.9. The summed E-state index contributed by atoms with van der Waals surface area (Å²) in [5, 5.41) is 0. The molecule has 6 nitrogen and oxygen atoms in total. The second-order valence-electron chi connectivity index (χ2n) is 7.61. The van der Waals surface area contributed by atoms with Crippen LogP contribution < -0.4 is 0 Å². The number of rotatable bonds is 4. The molecule has 1 spiro atoms. The van der Waals surface area contributed by atoms with Gasteiger partial charge in [0.25, 0.3) is 0 Å². The topological polar surface area (TPSA) is 47.1 Å². The first kappa shape index (κ1) is 17.4. The number of aromatic nitrogens is 1. The van der Waals surface area contributed by atoms with Crippen molar-refractivity contribution < 1.29 is 14.2 Å². The Morgan fingerprint density at radius 2 is 1.88 bits per heavy atom. The fourth-order valence-electron chi connectivity index (χ4n) is 4.22. The van der Waals surface area contributed by atoms with Gasteiger partial charge in [0, 0.05) is 58.3 Å². The zero-order valence-electron chi connectivity index (χ0n) is 14.9. The molecule has 0 bridgehead atoms. The molecule has 1 aromatic rings. The Bertz CT molecular complexity index is 538. The van der Waals surface area contributed by atoms with Crippen LogP contribution in [0.2, 0.25) is 0 Å². The predicted molar refractivity (Wildman–Crippen MR) is 94.4 cm³/mol. The molecular formula is C19H29N3O3. The van der Waals surface area contributed by atoms with Gasteiger partial charge in [-0.25, -0.2) is 0 Å². The van der Waals surface area contributed by atoms with Crippen LogP contribution in [0.25, 0.3) is 0 Å². The molecule has 3 aliphatic rings. The highest BCUT2D eigenvalue weighted by Crippen LogP contribution is 2.25. The Kier molecular flexibility index (Phi) is 5.63. The summed E-state index contributed by atoms with van der Waals surface area (Å²) in [6, 6.07) is 4.18. The quantitative estimate of drug-likeness (QED) is 0.811. The summed E-state index contributed by atoms with van der Waals surface area (Å²) in [5.74, 6) is 0.676. The van der Waals surface area contributed by atoms with E-state index in [-0.39, 0.29) is 5.60 Å². The van der Waals surface area contributed by atoms with Crippen molar-refractivity contribution in [2.24, 2.45) is 5.92 Å². The molecule has 3 saturated heterocycles. The van der Waals surface area contributed by atoms with Gasteiger partial charge in [-0.2, -0.15) is 0 Å². The third kappa shape index (κ3) is 4.57. The fourth-order valence-corrected chi connectivity index (χ4v) is 4.22. The van der Waals surface area contributed by atoms with Gasteiger partial charge in [0.15, 0.2) is 0 Å². The van der Waals surface area contributed by atoms with E-state index >= 15 is 0 Å². The van der Waals surface area contributed by atoms with Gasteiger partial charge in [0.05, 0.1) is 26.4 Å². The fraction of sp³-hybridized carbons (Fsp3) is 0.737. The average Bonchev–Trinajstić information content (AvgIpc) is 3.05. The number of pyridine rings is 1. The standard InChI is InChI=1S/C19H29N3O3/c1-4-20-5-2-17(1)11-21-6-9-24-16-19(14-21)15-22(7-10-25-19)12-18-3-8-23-13-18/h1-2,4-5,18H,3,6-16H2. The first-order chi connectivity index (χ1) is 12.3. The highest BCUT2D eigenvalue weighted by molar-refractivity contribution is 5.10. The molecule has 1 aromatic heterocycles. The Morgan fingerprint density at radius 1 is 1.04 bits per heavy atom.